The normalized spacial score (nSPS) is 15.3. The summed E-state index contributed by atoms with van der Waals surface area (Å²) in [6.07, 6.45) is 15.6. The summed E-state index contributed by atoms with van der Waals surface area (Å²) in [7, 11) is 0. The Balaban J connectivity index is 1.64. The third-order valence-corrected chi connectivity index (χ3v) is 12.8. The lowest BCUT2D eigenvalue weighted by molar-refractivity contribution is -0.139. The number of esters is 1. The van der Waals surface area contributed by atoms with Crippen LogP contribution in [0.2, 0.25) is 0 Å². The summed E-state index contributed by atoms with van der Waals surface area (Å²) in [6, 6.07) is 19.0. The van der Waals surface area contributed by atoms with Crippen LogP contribution < -0.4 is 4.74 Å². The van der Waals surface area contributed by atoms with Gasteiger partial charge in [0.2, 0.25) is 0 Å². The van der Waals surface area contributed by atoms with Gasteiger partial charge in [0, 0.05) is 17.6 Å². The van der Waals surface area contributed by atoms with Gasteiger partial charge >= 0.3 is 5.97 Å². The Morgan fingerprint density at radius 3 is 1.95 bits per heavy atom. The Bertz CT molecular complexity index is 1870. The summed E-state index contributed by atoms with van der Waals surface area (Å²) >= 11 is 0. The molecule has 8 heteroatoms. The van der Waals surface area contributed by atoms with Crippen LogP contribution in [0.4, 0.5) is 4.39 Å². The predicted molar refractivity (Wildman–Crippen MR) is 250 cm³/mol. The van der Waals surface area contributed by atoms with Crippen molar-refractivity contribution in [3.63, 3.8) is 0 Å². The Morgan fingerprint density at radius 2 is 1.35 bits per heavy atom. The van der Waals surface area contributed by atoms with Gasteiger partial charge in [-0.2, -0.15) is 0 Å². The molecule has 2 N–H and O–H groups in total. The van der Waals surface area contributed by atoms with E-state index >= 15 is 4.39 Å². The van der Waals surface area contributed by atoms with Crippen molar-refractivity contribution in [2.75, 3.05) is 39.6 Å². The highest BCUT2D eigenvalue weighted by molar-refractivity contribution is 5.95. The van der Waals surface area contributed by atoms with E-state index in [0.717, 1.165) is 52.1 Å². The van der Waals surface area contributed by atoms with Crippen LogP contribution in [0, 0.1) is 11.3 Å². The summed E-state index contributed by atoms with van der Waals surface area (Å²) in [5.41, 5.74) is 7.54. The number of unbranched alkanes of at least 4 members (excludes halogenated alkanes) is 3. The number of rotatable bonds is 29. The topological polar surface area (TPSA) is 102 Å². The molecule has 7 nitrogen and oxygen atoms in total. The maximum absolute atomic E-state index is 15.1. The summed E-state index contributed by atoms with van der Waals surface area (Å²) in [4.78, 5) is 24.4. The second-order valence-corrected chi connectivity index (χ2v) is 17.9. The Kier molecular flexibility index (Phi) is 21.6. The molecule has 62 heavy (non-hydrogen) atoms. The van der Waals surface area contributed by atoms with Crippen molar-refractivity contribution >= 4 is 11.8 Å². The molecule has 4 rings (SSSR count). The third kappa shape index (κ3) is 15.3. The molecule has 1 aliphatic rings. The monoisotopic (exact) mass is 855 g/mol. The summed E-state index contributed by atoms with van der Waals surface area (Å²) in [6.45, 7) is 14.9. The fourth-order valence-corrected chi connectivity index (χ4v) is 8.66. The van der Waals surface area contributed by atoms with E-state index in [1.807, 2.05) is 18.2 Å². The second kappa shape index (κ2) is 26.5. The molecule has 340 valence electrons. The van der Waals surface area contributed by atoms with Crippen LogP contribution in [0.3, 0.4) is 0 Å². The first-order valence-corrected chi connectivity index (χ1v) is 23.4. The van der Waals surface area contributed by atoms with E-state index in [9.17, 15) is 19.8 Å². The number of alkyl halides is 1. The Labute approximate surface area is 372 Å². The Morgan fingerprint density at radius 1 is 0.726 bits per heavy atom. The Hall–Kier alpha value is -4.11. The second-order valence-electron chi connectivity index (χ2n) is 17.9. The van der Waals surface area contributed by atoms with Gasteiger partial charge in [-0.3, -0.25) is 4.79 Å². The maximum Gasteiger partial charge on any atom is 0.333 e. The minimum Gasteiger partial charge on any atom is -0.493 e. The van der Waals surface area contributed by atoms with Crippen LogP contribution in [0.1, 0.15) is 146 Å². The summed E-state index contributed by atoms with van der Waals surface area (Å²) < 4.78 is 32.9. The van der Waals surface area contributed by atoms with E-state index in [2.05, 4.69) is 63.4 Å². The van der Waals surface area contributed by atoms with Gasteiger partial charge in [-0.1, -0.05) is 102 Å². The van der Waals surface area contributed by atoms with Gasteiger partial charge in [-0.05, 0) is 158 Å². The number of aliphatic hydroxyl groups excluding tert-OH is 2. The fourth-order valence-electron chi connectivity index (χ4n) is 8.66. The van der Waals surface area contributed by atoms with E-state index < -0.39 is 18.1 Å². The van der Waals surface area contributed by atoms with Gasteiger partial charge < -0.3 is 24.4 Å². The first-order chi connectivity index (χ1) is 30.0. The molecular formula is C54H75FO7. The largest absolute Gasteiger partial charge is 0.493 e. The number of Topliss-reactive ketones (excluding diaryl/α,β-unsaturated/α-hetero) is 1. The maximum atomic E-state index is 15.1. The number of aliphatic hydroxyl groups is 2. The third-order valence-electron chi connectivity index (χ3n) is 12.8. The fraction of sp³-hybridized carbons (Fsp3) is 0.556. The lowest BCUT2D eigenvalue weighted by Crippen LogP contribution is -2.32. The number of halogens is 1. The van der Waals surface area contributed by atoms with Crippen LogP contribution in [0.25, 0.3) is 22.3 Å². The molecule has 0 spiro atoms. The zero-order valence-corrected chi connectivity index (χ0v) is 38.3. The smallest absolute Gasteiger partial charge is 0.333 e. The highest BCUT2D eigenvalue weighted by atomic mass is 19.1. The van der Waals surface area contributed by atoms with Crippen molar-refractivity contribution in [1.29, 1.82) is 0 Å². The molecule has 1 fully saturated rings. The molecule has 0 unspecified atom stereocenters. The number of hydrogen-bond donors (Lipinski definition) is 2. The van der Waals surface area contributed by atoms with Crippen LogP contribution in [-0.4, -0.2) is 61.6 Å². The van der Waals surface area contributed by atoms with Crippen molar-refractivity contribution in [1.82, 2.24) is 0 Å². The quantitative estimate of drug-likeness (QED) is 0.0407. The average Bonchev–Trinajstić information content (AvgIpc) is 3.29. The first kappa shape index (κ1) is 50.5. The van der Waals surface area contributed by atoms with E-state index in [1.54, 1.807) is 13.8 Å². The molecule has 1 saturated carbocycles. The van der Waals surface area contributed by atoms with Gasteiger partial charge in [-0.15, -0.1) is 0 Å². The number of carbonyl (C=O) groups is 2. The molecule has 0 heterocycles. The molecule has 3 aromatic rings. The molecule has 0 aliphatic heterocycles. The molecule has 0 saturated heterocycles. The van der Waals surface area contributed by atoms with Crippen LogP contribution in [0.5, 0.6) is 5.75 Å². The van der Waals surface area contributed by atoms with Crippen molar-refractivity contribution in [2.24, 2.45) is 11.3 Å². The summed E-state index contributed by atoms with van der Waals surface area (Å²) in [5, 5.41) is 20.7. The predicted octanol–water partition coefficient (Wildman–Crippen LogP) is 12.4. The van der Waals surface area contributed by atoms with E-state index in [0.29, 0.717) is 73.5 Å². The zero-order valence-electron chi connectivity index (χ0n) is 38.3. The van der Waals surface area contributed by atoms with Gasteiger partial charge in [0.1, 0.15) is 19.0 Å². The van der Waals surface area contributed by atoms with E-state index in [-0.39, 0.29) is 38.8 Å². The standard InChI is InChI=1S/C54H75FO7/c1-7-9-11-14-41-17-19-42(20-18-41)43-21-23-44(24-22-43)45-25-26-50(49(32-45)35-55)48-33-46(15-12-29-60-36-51(58)39(3)4)52(47(34-48)16-13-30-62-53(59)40(5)6)61-31-28-54(37-56,38-57)27-10-8-2/h21-26,32-34,41-42,56-57H,3,5,7-20,27-31,35-38H2,1-2,4,6H3. The molecule has 3 aromatic carbocycles. The van der Waals surface area contributed by atoms with Crippen LogP contribution in [0.15, 0.2) is 78.9 Å². The van der Waals surface area contributed by atoms with Gasteiger partial charge in [0.05, 0.1) is 26.4 Å². The SMILES string of the molecule is C=C(C)C(=O)COCCCc1cc(-c2ccc(-c3ccc(C4CCC(CCCCC)CC4)cc3)cc2CF)cc(CCCOC(=O)C(=C)C)c1OCCC(CO)(CO)CCCC. The molecule has 0 radical (unpaired) electrons. The lowest BCUT2D eigenvalue weighted by Gasteiger charge is -2.30. The number of hydrogen-bond acceptors (Lipinski definition) is 7. The van der Waals surface area contributed by atoms with Crippen molar-refractivity contribution in [3.05, 3.63) is 101 Å². The number of benzene rings is 3. The van der Waals surface area contributed by atoms with Gasteiger partial charge in [0.25, 0.3) is 0 Å². The molecule has 0 aromatic heterocycles. The lowest BCUT2D eigenvalue weighted by atomic mass is 9.77. The highest BCUT2D eigenvalue weighted by Gasteiger charge is 2.29. The zero-order chi connectivity index (χ0) is 44.9. The number of carbonyl (C=O) groups excluding carboxylic acids is 2. The van der Waals surface area contributed by atoms with Crippen molar-refractivity contribution in [2.45, 2.75) is 143 Å². The van der Waals surface area contributed by atoms with Crippen molar-refractivity contribution < 1.29 is 38.4 Å². The first-order valence-electron chi connectivity index (χ1n) is 23.4. The average molecular weight is 855 g/mol. The van der Waals surface area contributed by atoms with Crippen molar-refractivity contribution in [3.8, 4) is 28.0 Å². The number of aryl methyl sites for hydroxylation is 2. The molecule has 1 aliphatic carbocycles. The van der Waals surface area contributed by atoms with Crippen LogP contribution in [-0.2, 0) is 38.6 Å². The molecular weight excluding hydrogens is 780 g/mol. The number of ether oxygens (including phenoxy) is 3. The highest BCUT2D eigenvalue weighted by Crippen LogP contribution is 2.40. The molecule has 0 atom stereocenters. The molecule has 0 amide bonds. The minimum atomic E-state index is -0.665. The minimum absolute atomic E-state index is 0.0375. The van der Waals surface area contributed by atoms with Crippen LogP contribution >= 0.6 is 0 Å². The van der Waals surface area contributed by atoms with Gasteiger partial charge in [0.15, 0.2) is 5.78 Å². The number of ketones is 1. The van der Waals surface area contributed by atoms with E-state index in [4.69, 9.17) is 14.2 Å². The van der Waals surface area contributed by atoms with Gasteiger partial charge in [-0.25, -0.2) is 9.18 Å². The molecule has 0 bridgehead atoms. The van der Waals surface area contributed by atoms with E-state index in [1.165, 1.54) is 56.9 Å². The summed E-state index contributed by atoms with van der Waals surface area (Å²) in [5.74, 6) is 1.57.